The van der Waals surface area contributed by atoms with Crippen LogP contribution in [0.5, 0.6) is 0 Å². The summed E-state index contributed by atoms with van der Waals surface area (Å²) in [5.74, 6) is 1.37. The standard InChI is InChI=1S/C17H30N2S/c1-11(2)8-13-14(10-18-16(3,4)5)20-15(19-13)12-9-17(12,6)7/h11-12,18H,8-10H2,1-7H3. The van der Waals surface area contributed by atoms with Gasteiger partial charge in [-0.2, -0.15) is 0 Å². The summed E-state index contributed by atoms with van der Waals surface area (Å²) in [6.45, 7) is 16.9. The third-order valence-electron chi connectivity index (χ3n) is 3.99. The highest BCUT2D eigenvalue weighted by Gasteiger charge is 2.48. The molecule has 114 valence electrons. The molecule has 1 fully saturated rings. The maximum atomic E-state index is 4.99. The molecule has 1 aromatic heterocycles. The van der Waals surface area contributed by atoms with Gasteiger partial charge in [-0.1, -0.05) is 27.7 Å². The number of hydrogen-bond donors (Lipinski definition) is 1. The van der Waals surface area contributed by atoms with Crippen LogP contribution in [0.25, 0.3) is 0 Å². The second-order valence-corrected chi connectivity index (χ2v) is 9.48. The van der Waals surface area contributed by atoms with E-state index in [0.717, 1.165) is 13.0 Å². The van der Waals surface area contributed by atoms with Gasteiger partial charge in [-0.15, -0.1) is 11.3 Å². The molecule has 0 amide bonds. The molecule has 1 N–H and O–H groups in total. The van der Waals surface area contributed by atoms with Crippen molar-refractivity contribution < 1.29 is 0 Å². The van der Waals surface area contributed by atoms with Crippen molar-refractivity contribution in [1.29, 1.82) is 0 Å². The number of nitrogens with zero attached hydrogens (tertiary/aromatic N) is 1. The Morgan fingerprint density at radius 2 is 1.95 bits per heavy atom. The molecule has 1 aliphatic carbocycles. The lowest BCUT2D eigenvalue weighted by atomic mass is 10.1. The molecule has 2 nitrogen and oxygen atoms in total. The quantitative estimate of drug-likeness (QED) is 0.848. The second-order valence-electron chi connectivity index (χ2n) is 8.37. The molecule has 20 heavy (non-hydrogen) atoms. The Morgan fingerprint density at radius 3 is 2.40 bits per heavy atom. The normalized spacial score (nSPS) is 21.5. The van der Waals surface area contributed by atoms with Crippen molar-refractivity contribution in [2.24, 2.45) is 11.3 Å². The third-order valence-corrected chi connectivity index (χ3v) is 5.20. The van der Waals surface area contributed by atoms with Crippen molar-refractivity contribution in [2.45, 2.75) is 79.3 Å². The smallest absolute Gasteiger partial charge is 0.0968 e. The third kappa shape index (κ3) is 4.05. The van der Waals surface area contributed by atoms with Gasteiger partial charge in [0, 0.05) is 22.9 Å². The molecule has 0 aliphatic heterocycles. The van der Waals surface area contributed by atoms with Crippen LogP contribution >= 0.6 is 11.3 Å². The average Bonchev–Trinajstić information content (AvgIpc) is 2.73. The first-order valence-corrected chi connectivity index (χ1v) is 8.63. The van der Waals surface area contributed by atoms with Gasteiger partial charge >= 0.3 is 0 Å². The molecule has 0 saturated heterocycles. The topological polar surface area (TPSA) is 24.9 Å². The monoisotopic (exact) mass is 294 g/mol. The van der Waals surface area contributed by atoms with E-state index in [2.05, 4.69) is 53.8 Å². The average molecular weight is 295 g/mol. The fourth-order valence-corrected chi connectivity index (χ4v) is 3.81. The highest BCUT2D eigenvalue weighted by molar-refractivity contribution is 7.11. The maximum Gasteiger partial charge on any atom is 0.0968 e. The predicted octanol–water partition coefficient (Wildman–Crippen LogP) is 4.74. The van der Waals surface area contributed by atoms with Crippen molar-refractivity contribution in [1.82, 2.24) is 10.3 Å². The summed E-state index contributed by atoms with van der Waals surface area (Å²) in [5, 5.41) is 4.99. The minimum Gasteiger partial charge on any atom is -0.307 e. The number of nitrogens with one attached hydrogen (secondary N) is 1. The van der Waals surface area contributed by atoms with E-state index in [1.165, 1.54) is 22.0 Å². The number of hydrogen-bond acceptors (Lipinski definition) is 3. The molecular weight excluding hydrogens is 264 g/mol. The van der Waals surface area contributed by atoms with Crippen molar-refractivity contribution in [3.05, 3.63) is 15.6 Å². The fourth-order valence-electron chi connectivity index (χ4n) is 2.47. The molecule has 1 unspecified atom stereocenters. The zero-order valence-electron chi connectivity index (χ0n) is 14.1. The molecule has 0 spiro atoms. The van der Waals surface area contributed by atoms with E-state index < -0.39 is 0 Å². The van der Waals surface area contributed by atoms with Gasteiger partial charge in [0.2, 0.25) is 0 Å². The number of thiazole rings is 1. The van der Waals surface area contributed by atoms with Crippen LogP contribution < -0.4 is 5.32 Å². The summed E-state index contributed by atoms with van der Waals surface area (Å²) in [5.41, 5.74) is 1.97. The van der Waals surface area contributed by atoms with Crippen LogP contribution in [0.4, 0.5) is 0 Å². The van der Waals surface area contributed by atoms with Crippen LogP contribution in [0, 0.1) is 11.3 Å². The van der Waals surface area contributed by atoms with Crippen LogP contribution in [0.2, 0.25) is 0 Å². The molecule has 1 aliphatic rings. The van der Waals surface area contributed by atoms with E-state index in [4.69, 9.17) is 4.98 Å². The van der Waals surface area contributed by atoms with Gasteiger partial charge in [0.05, 0.1) is 10.7 Å². The Balaban J connectivity index is 2.15. The van der Waals surface area contributed by atoms with Gasteiger partial charge in [-0.05, 0) is 44.9 Å². The SMILES string of the molecule is CC(C)Cc1nc(C2CC2(C)C)sc1CNC(C)(C)C. The Morgan fingerprint density at radius 1 is 1.35 bits per heavy atom. The minimum absolute atomic E-state index is 0.165. The molecule has 0 aromatic carbocycles. The van der Waals surface area contributed by atoms with Crippen LogP contribution in [-0.2, 0) is 13.0 Å². The van der Waals surface area contributed by atoms with Gasteiger partial charge in [0.15, 0.2) is 0 Å². The van der Waals surface area contributed by atoms with Crippen molar-refractivity contribution in [2.75, 3.05) is 0 Å². The van der Waals surface area contributed by atoms with Crippen LogP contribution in [0.15, 0.2) is 0 Å². The van der Waals surface area contributed by atoms with E-state index in [9.17, 15) is 0 Å². The molecule has 1 heterocycles. The first-order valence-electron chi connectivity index (χ1n) is 7.82. The van der Waals surface area contributed by atoms with Gasteiger partial charge in [0.1, 0.15) is 0 Å². The largest absolute Gasteiger partial charge is 0.307 e. The first-order chi connectivity index (χ1) is 9.08. The molecule has 1 saturated carbocycles. The Hall–Kier alpha value is -0.410. The number of aromatic nitrogens is 1. The van der Waals surface area contributed by atoms with Crippen molar-refractivity contribution in [3.63, 3.8) is 0 Å². The molecule has 2 rings (SSSR count). The summed E-state index contributed by atoms with van der Waals surface area (Å²) in [6, 6.07) is 0. The molecule has 1 atom stereocenters. The Labute approximate surface area is 128 Å². The van der Waals surface area contributed by atoms with Crippen LogP contribution in [0.3, 0.4) is 0 Å². The van der Waals surface area contributed by atoms with Gasteiger partial charge in [-0.3, -0.25) is 0 Å². The maximum absolute atomic E-state index is 4.99. The van der Waals surface area contributed by atoms with Gasteiger partial charge < -0.3 is 5.32 Å². The molecule has 1 aromatic rings. The van der Waals surface area contributed by atoms with Gasteiger partial charge in [0.25, 0.3) is 0 Å². The lowest BCUT2D eigenvalue weighted by Crippen LogP contribution is -2.35. The summed E-state index contributed by atoms with van der Waals surface area (Å²) >= 11 is 1.94. The summed E-state index contributed by atoms with van der Waals surface area (Å²) < 4.78 is 0. The van der Waals surface area contributed by atoms with Gasteiger partial charge in [-0.25, -0.2) is 4.98 Å². The van der Waals surface area contributed by atoms with Crippen molar-refractivity contribution in [3.8, 4) is 0 Å². The molecule has 0 radical (unpaired) electrons. The summed E-state index contributed by atoms with van der Waals surface area (Å²) in [7, 11) is 0. The van der Waals surface area contributed by atoms with E-state index >= 15 is 0 Å². The molecule has 3 heteroatoms. The zero-order chi connectivity index (χ0) is 15.1. The lowest BCUT2D eigenvalue weighted by molar-refractivity contribution is 0.425. The highest BCUT2D eigenvalue weighted by atomic mass is 32.1. The second kappa shape index (κ2) is 5.42. The van der Waals surface area contributed by atoms with E-state index in [-0.39, 0.29) is 5.54 Å². The molecular formula is C17H30N2S. The Kier molecular flexibility index (Phi) is 4.32. The zero-order valence-corrected chi connectivity index (χ0v) is 14.9. The van der Waals surface area contributed by atoms with Crippen molar-refractivity contribution >= 4 is 11.3 Å². The highest BCUT2D eigenvalue weighted by Crippen LogP contribution is 2.59. The fraction of sp³-hybridized carbons (Fsp3) is 0.824. The first kappa shape index (κ1) is 16.0. The lowest BCUT2D eigenvalue weighted by Gasteiger charge is -2.20. The number of rotatable bonds is 5. The Bertz CT molecular complexity index is 466. The summed E-state index contributed by atoms with van der Waals surface area (Å²) in [6.07, 6.45) is 2.40. The summed E-state index contributed by atoms with van der Waals surface area (Å²) in [4.78, 5) is 6.44. The predicted molar refractivity (Wildman–Crippen MR) is 88.4 cm³/mol. The van der Waals surface area contributed by atoms with E-state index in [1.807, 2.05) is 11.3 Å². The van der Waals surface area contributed by atoms with E-state index in [0.29, 0.717) is 17.3 Å². The minimum atomic E-state index is 0.165. The van der Waals surface area contributed by atoms with Crippen LogP contribution in [-0.4, -0.2) is 10.5 Å². The van der Waals surface area contributed by atoms with Crippen LogP contribution in [0.1, 0.15) is 76.4 Å². The molecule has 0 bridgehead atoms. The van der Waals surface area contributed by atoms with E-state index in [1.54, 1.807) is 0 Å².